The molecule has 21 heavy (non-hydrogen) atoms. The third-order valence-electron chi connectivity index (χ3n) is 2.96. The first-order valence-electron chi connectivity index (χ1n) is 5.86. The summed E-state index contributed by atoms with van der Waals surface area (Å²) in [6, 6.07) is 3.64. The van der Waals surface area contributed by atoms with Crippen LogP contribution in [0, 0.1) is 18.6 Å². The summed E-state index contributed by atoms with van der Waals surface area (Å²) in [7, 11) is 1.16. The Labute approximate surface area is 124 Å². The van der Waals surface area contributed by atoms with Gasteiger partial charge in [-0.2, -0.15) is 0 Å². The first-order valence-corrected chi connectivity index (χ1v) is 6.24. The fourth-order valence-corrected chi connectivity index (χ4v) is 1.95. The molecule has 4 nitrogen and oxygen atoms in total. The van der Waals surface area contributed by atoms with Crippen LogP contribution in [0.5, 0.6) is 0 Å². The number of halogens is 3. The lowest BCUT2D eigenvalue weighted by atomic mass is 10.1. The highest BCUT2D eigenvalue weighted by molar-refractivity contribution is 6.35. The summed E-state index contributed by atoms with van der Waals surface area (Å²) < 4.78 is 32.0. The van der Waals surface area contributed by atoms with E-state index >= 15 is 0 Å². The molecule has 0 aliphatic carbocycles. The van der Waals surface area contributed by atoms with E-state index in [1.807, 2.05) is 0 Å². The number of aromatic nitrogens is 1. The van der Waals surface area contributed by atoms with E-state index < -0.39 is 17.6 Å². The number of nitrogens with two attached hydrogens (primary N) is 1. The van der Waals surface area contributed by atoms with E-state index in [4.69, 9.17) is 17.3 Å². The van der Waals surface area contributed by atoms with E-state index in [9.17, 15) is 13.6 Å². The van der Waals surface area contributed by atoms with Gasteiger partial charge in [0.1, 0.15) is 11.6 Å². The van der Waals surface area contributed by atoms with Gasteiger partial charge >= 0.3 is 5.97 Å². The number of nitrogens with zero attached hydrogens (tertiary/aromatic N) is 1. The van der Waals surface area contributed by atoms with Gasteiger partial charge in [-0.25, -0.2) is 18.6 Å². The summed E-state index contributed by atoms with van der Waals surface area (Å²) in [5.41, 5.74) is 5.44. The van der Waals surface area contributed by atoms with Crippen molar-refractivity contribution in [3.63, 3.8) is 0 Å². The molecule has 1 heterocycles. The Morgan fingerprint density at radius 1 is 1.38 bits per heavy atom. The maximum atomic E-state index is 14.1. The SMILES string of the molecule is COC(=O)c1nc(-c2ccc(F)c(C)c2F)cc(N)c1Cl. The minimum Gasteiger partial charge on any atom is -0.464 e. The van der Waals surface area contributed by atoms with Crippen molar-refractivity contribution >= 4 is 23.3 Å². The largest absolute Gasteiger partial charge is 0.464 e. The van der Waals surface area contributed by atoms with Gasteiger partial charge in [-0.3, -0.25) is 0 Å². The van der Waals surface area contributed by atoms with Crippen LogP contribution in [-0.4, -0.2) is 18.1 Å². The van der Waals surface area contributed by atoms with E-state index in [2.05, 4.69) is 9.72 Å². The van der Waals surface area contributed by atoms with Crippen molar-refractivity contribution in [2.75, 3.05) is 12.8 Å². The van der Waals surface area contributed by atoms with Crippen LogP contribution in [0.15, 0.2) is 18.2 Å². The standard InChI is InChI=1S/C14H11ClF2N2O2/c1-6-8(16)4-3-7(12(6)17)10-5-9(18)11(15)13(19-10)14(20)21-2/h3-5H,1-2H3,(H2,18,19). The third-order valence-corrected chi connectivity index (χ3v) is 3.36. The van der Waals surface area contributed by atoms with E-state index in [1.54, 1.807) is 0 Å². The highest BCUT2D eigenvalue weighted by Gasteiger charge is 2.20. The second kappa shape index (κ2) is 5.65. The predicted octanol–water partition coefficient (Wildman–Crippen LogP) is 3.36. The highest BCUT2D eigenvalue weighted by Crippen LogP contribution is 2.31. The molecule has 2 aromatic rings. The zero-order valence-corrected chi connectivity index (χ0v) is 12.0. The second-order valence-corrected chi connectivity index (χ2v) is 4.66. The molecular formula is C14H11ClF2N2O2. The van der Waals surface area contributed by atoms with Gasteiger partial charge in [-0.05, 0) is 25.1 Å². The molecule has 0 saturated heterocycles. The van der Waals surface area contributed by atoms with Crippen molar-refractivity contribution < 1.29 is 18.3 Å². The summed E-state index contributed by atoms with van der Waals surface area (Å²) in [5.74, 6) is -2.25. The van der Waals surface area contributed by atoms with Gasteiger partial charge in [-0.15, -0.1) is 0 Å². The number of nitrogen functional groups attached to an aromatic ring is 1. The van der Waals surface area contributed by atoms with Gasteiger partial charge in [0, 0.05) is 11.1 Å². The monoisotopic (exact) mass is 312 g/mol. The van der Waals surface area contributed by atoms with Crippen molar-refractivity contribution in [1.82, 2.24) is 4.98 Å². The Balaban J connectivity index is 2.68. The average Bonchev–Trinajstić information content (AvgIpc) is 2.47. The van der Waals surface area contributed by atoms with Crippen molar-refractivity contribution in [1.29, 1.82) is 0 Å². The van der Waals surface area contributed by atoms with E-state index in [-0.39, 0.29) is 33.2 Å². The summed E-state index contributed by atoms with van der Waals surface area (Å²) in [5, 5.41) is -0.0789. The topological polar surface area (TPSA) is 65.2 Å². The molecule has 0 radical (unpaired) electrons. The summed E-state index contributed by atoms with van der Waals surface area (Å²) >= 11 is 5.88. The normalized spacial score (nSPS) is 10.5. The minimum atomic E-state index is -0.798. The molecule has 0 aliphatic heterocycles. The average molecular weight is 313 g/mol. The number of hydrogen-bond acceptors (Lipinski definition) is 4. The molecule has 1 aromatic carbocycles. The molecular weight excluding hydrogens is 302 g/mol. The Morgan fingerprint density at radius 3 is 2.67 bits per heavy atom. The number of rotatable bonds is 2. The molecule has 2 N–H and O–H groups in total. The predicted molar refractivity (Wildman–Crippen MR) is 75.1 cm³/mol. The van der Waals surface area contributed by atoms with Crippen LogP contribution in [-0.2, 0) is 4.74 Å². The number of pyridine rings is 1. The van der Waals surface area contributed by atoms with Crippen LogP contribution < -0.4 is 5.73 Å². The number of hydrogen-bond donors (Lipinski definition) is 1. The number of anilines is 1. The lowest BCUT2D eigenvalue weighted by Gasteiger charge is -2.10. The lowest BCUT2D eigenvalue weighted by Crippen LogP contribution is -2.08. The summed E-state index contributed by atoms with van der Waals surface area (Å²) in [6.45, 7) is 1.30. The van der Waals surface area contributed by atoms with Crippen LogP contribution in [0.1, 0.15) is 16.1 Å². The molecule has 0 amide bonds. The molecule has 7 heteroatoms. The molecule has 0 aliphatic rings. The van der Waals surface area contributed by atoms with Gasteiger partial charge in [0.15, 0.2) is 5.69 Å². The van der Waals surface area contributed by atoms with Crippen LogP contribution in [0.25, 0.3) is 11.3 Å². The highest BCUT2D eigenvalue weighted by atomic mass is 35.5. The van der Waals surface area contributed by atoms with Gasteiger partial charge in [-0.1, -0.05) is 11.6 Å². The summed E-state index contributed by atoms with van der Waals surface area (Å²) in [4.78, 5) is 15.6. The van der Waals surface area contributed by atoms with Gasteiger partial charge < -0.3 is 10.5 Å². The number of carbonyl (C=O) groups excluding carboxylic acids is 1. The Kier molecular flexibility index (Phi) is 4.09. The first-order chi connectivity index (χ1) is 9.86. The lowest BCUT2D eigenvalue weighted by molar-refractivity contribution is 0.0594. The second-order valence-electron chi connectivity index (χ2n) is 4.28. The van der Waals surface area contributed by atoms with Gasteiger partial charge in [0.2, 0.25) is 0 Å². The fraction of sp³-hybridized carbons (Fsp3) is 0.143. The molecule has 0 bridgehead atoms. The van der Waals surface area contributed by atoms with Crippen LogP contribution in [0.2, 0.25) is 5.02 Å². The summed E-state index contributed by atoms with van der Waals surface area (Å²) in [6.07, 6.45) is 0. The van der Waals surface area contributed by atoms with Gasteiger partial charge in [0.05, 0.1) is 23.5 Å². The zero-order valence-electron chi connectivity index (χ0n) is 11.2. The van der Waals surface area contributed by atoms with Crippen molar-refractivity contribution in [2.45, 2.75) is 6.92 Å². The Bertz CT molecular complexity index is 735. The smallest absolute Gasteiger partial charge is 0.358 e. The zero-order chi connectivity index (χ0) is 15.7. The number of ether oxygens (including phenoxy) is 1. The van der Waals surface area contributed by atoms with E-state index in [0.29, 0.717) is 0 Å². The molecule has 1 aromatic heterocycles. The molecule has 2 rings (SSSR count). The maximum absolute atomic E-state index is 14.1. The Hall–Kier alpha value is -2.21. The molecule has 110 valence electrons. The van der Waals surface area contributed by atoms with Crippen molar-refractivity contribution in [2.24, 2.45) is 0 Å². The molecule has 0 fully saturated rings. The fourth-order valence-electron chi connectivity index (χ4n) is 1.78. The first kappa shape index (κ1) is 15.2. The number of benzene rings is 1. The Morgan fingerprint density at radius 2 is 2.05 bits per heavy atom. The molecule has 0 unspecified atom stereocenters. The van der Waals surface area contributed by atoms with Crippen molar-refractivity contribution in [3.05, 3.63) is 46.1 Å². The van der Waals surface area contributed by atoms with Crippen molar-refractivity contribution in [3.8, 4) is 11.3 Å². The van der Waals surface area contributed by atoms with Crippen LogP contribution in [0.3, 0.4) is 0 Å². The molecule has 0 spiro atoms. The van der Waals surface area contributed by atoms with E-state index in [1.165, 1.54) is 19.1 Å². The van der Waals surface area contributed by atoms with Crippen LogP contribution in [0.4, 0.5) is 14.5 Å². The van der Waals surface area contributed by atoms with Gasteiger partial charge in [0.25, 0.3) is 0 Å². The molecule has 0 atom stereocenters. The quantitative estimate of drug-likeness (QED) is 0.864. The number of methoxy groups -OCH3 is 1. The number of carbonyl (C=O) groups is 1. The molecule has 0 saturated carbocycles. The van der Waals surface area contributed by atoms with Crippen LogP contribution >= 0.6 is 11.6 Å². The number of esters is 1. The minimum absolute atomic E-state index is 0.0161. The third kappa shape index (κ3) is 2.67. The van der Waals surface area contributed by atoms with E-state index in [0.717, 1.165) is 13.2 Å². The maximum Gasteiger partial charge on any atom is 0.358 e.